The first-order valence-electron chi connectivity index (χ1n) is 8.62. The summed E-state index contributed by atoms with van der Waals surface area (Å²) in [5, 5.41) is 3.66. The molecule has 1 aliphatic heterocycles. The van der Waals surface area contributed by atoms with E-state index < -0.39 is 16.1 Å². The lowest BCUT2D eigenvalue weighted by molar-refractivity contribution is -0.143. The van der Waals surface area contributed by atoms with Crippen LogP contribution < -0.4 is 9.62 Å². The number of carbonyl (C=O) groups excluding carboxylic acids is 1. The van der Waals surface area contributed by atoms with E-state index in [1.807, 2.05) is 12.1 Å². The number of anilines is 1. The number of ether oxygens (including phenoxy) is 1. The number of esters is 1. The van der Waals surface area contributed by atoms with Crippen molar-refractivity contribution < 1.29 is 17.9 Å². The summed E-state index contributed by atoms with van der Waals surface area (Å²) in [5.41, 5.74) is 1.99. The van der Waals surface area contributed by atoms with Crippen LogP contribution in [-0.2, 0) is 19.6 Å². The Morgan fingerprint density at radius 3 is 2.70 bits per heavy atom. The molecule has 1 N–H and O–H groups in total. The third-order valence-electron chi connectivity index (χ3n) is 4.49. The Labute approximate surface area is 164 Å². The van der Waals surface area contributed by atoms with E-state index in [0.29, 0.717) is 29.4 Å². The van der Waals surface area contributed by atoms with Crippen LogP contribution in [-0.4, -0.2) is 34.6 Å². The smallest absolute Gasteiger partial charge is 0.307 e. The predicted molar refractivity (Wildman–Crippen MR) is 105 cm³/mol. The highest BCUT2D eigenvalue weighted by Crippen LogP contribution is 2.40. The van der Waals surface area contributed by atoms with Crippen molar-refractivity contribution in [3.8, 4) is 0 Å². The molecule has 0 bridgehead atoms. The first kappa shape index (κ1) is 19.7. The third-order valence-corrected chi connectivity index (χ3v) is 6.56. The molecule has 0 amide bonds. The Morgan fingerprint density at radius 2 is 1.96 bits per heavy atom. The van der Waals surface area contributed by atoms with Gasteiger partial charge in [0.15, 0.2) is 0 Å². The van der Waals surface area contributed by atoms with Gasteiger partial charge in [-0.05, 0) is 36.2 Å². The van der Waals surface area contributed by atoms with Crippen LogP contribution in [0, 0.1) is 0 Å². The number of rotatable bonds is 5. The zero-order valence-electron chi connectivity index (χ0n) is 15.1. The molecule has 1 unspecified atom stereocenters. The van der Waals surface area contributed by atoms with Crippen LogP contribution >= 0.6 is 11.6 Å². The summed E-state index contributed by atoms with van der Waals surface area (Å²) in [6.07, 6.45) is 0.192. The van der Waals surface area contributed by atoms with Gasteiger partial charge in [0.05, 0.1) is 29.7 Å². The molecule has 6 nitrogen and oxygen atoms in total. The Kier molecular flexibility index (Phi) is 5.74. The van der Waals surface area contributed by atoms with Gasteiger partial charge in [0, 0.05) is 18.6 Å². The van der Waals surface area contributed by atoms with E-state index in [4.69, 9.17) is 16.3 Å². The molecule has 3 rings (SSSR count). The highest BCUT2D eigenvalue weighted by Gasteiger charge is 2.34. The van der Waals surface area contributed by atoms with Crippen LogP contribution in [0.15, 0.2) is 47.4 Å². The van der Waals surface area contributed by atoms with Gasteiger partial charge in [-0.15, -0.1) is 0 Å². The Balaban J connectivity index is 2.07. The molecule has 144 valence electrons. The van der Waals surface area contributed by atoms with Gasteiger partial charge in [-0.1, -0.05) is 35.9 Å². The second-order valence-corrected chi connectivity index (χ2v) is 8.53. The van der Waals surface area contributed by atoms with Crippen molar-refractivity contribution in [3.05, 3.63) is 58.6 Å². The highest BCUT2D eigenvalue weighted by atomic mass is 35.5. The topological polar surface area (TPSA) is 75.7 Å². The van der Waals surface area contributed by atoms with Crippen molar-refractivity contribution in [1.82, 2.24) is 5.32 Å². The summed E-state index contributed by atoms with van der Waals surface area (Å²) < 4.78 is 32.5. The van der Waals surface area contributed by atoms with Gasteiger partial charge < -0.3 is 10.1 Å². The van der Waals surface area contributed by atoms with Gasteiger partial charge in [-0.25, -0.2) is 8.42 Å². The number of para-hydroxylation sites is 1. The molecular formula is C19H21ClN2O4S. The van der Waals surface area contributed by atoms with E-state index in [1.54, 1.807) is 31.2 Å². The van der Waals surface area contributed by atoms with Crippen molar-refractivity contribution in [1.29, 1.82) is 0 Å². The number of sulfonamides is 1. The molecule has 0 spiro atoms. The Morgan fingerprint density at radius 1 is 1.22 bits per heavy atom. The van der Waals surface area contributed by atoms with Gasteiger partial charge in [0.2, 0.25) is 0 Å². The van der Waals surface area contributed by atoms with Crippen LogP contribution in [0.1, 0.15) is 30.5 Å². The van der Waals surface area contributed by atoms with Crippen molar-refractivity contribution in [2.24, 2.45) is 0 Å². The molecule has 8 heteroatoms. The normalized spacial score (nSPS) is 17.6. The molecule has 2 aromatic rings. The maximum atomic E-state index is 13.1. The fourth-order valence-electron chi connectivity index (χ4n) is 3.20. The fraction of sp³-hybridized carbons (Fsp3) is 0.316. The minimum atomic E-state index is -3.76. The van der Waals surface area contributed by atoms with E-state index >= 15 is 0 Å². The number of nitrogens with zero attached hydrogens (tertiary/aromatic N) is 1. The van der Waals surface area contributed by atoms with E-state index in [1.165, 1.54) is 17.4 Å². The monoisotopic (exact) mass is 408 g/mol. The lowest BCUT2D eigenvalue weighted by Gasteiger charge is -2.22. The zero-order chi connectivity index (χ0) is 19.6. The molecule has 1 aliphatic rings. The lowest BCUT2D eigenvalue weighted by atomic mass is 9.97. The summed E-state index contributed by atoms with van der Waals surface area (Å²) in [5.74, 6) is -0.298. The first-order chi connectivity index (χ1) is 12.9. The molecule has 1 atom stereocenters. The Hall–Kier alpha value is -2.09. The van der Waals surface area contributed by atoms with Gasteiger partial charge in [0.1, 0.15) is 0 Å². The van der Waals surface area contributed by atoms with Crippen LogP contribution in [0.3, 0.4) is 0 Å². The first-order valence-corrected chi connectivity index (χ1v) is 10.4. The SMILES string of the molecule is CCOC(=O)CCNC1c2ccccc2N(C)S(=O)(=O)c2cc(Cl)ccc21. The summed E-state index contributed by atoms with van der Waals surface area (Å²) >= 11 is 6.08. The van der Waals surface area contributed by atoms with Gasteiger partial charge in [-0.3, -0.25) is 9.10 Å². The van der Waals surface area contributed by atoms with E-state index in [9.17, 15) is 13.2 Å². The number of hydrogen-bond acceptors (Lipinski definition) is 5. The van der Waals surface area contributed by atoms with Gasteiger partial charge in [0.25, 0.3) is 10.0 Å². The molecule has 0 saturated carbocycles. The van der Waals surface area contributed by atoms with Crippen molar-refractivity contribution in [2.45, 2.75) is 24.3 Å². The molecule has 0 saturated heterocycles. The largest absolute Gasteiger partial charge is 0.466 e. The van der Waals surface area contributed by atoms with Gasteiger partial charge in [-0.2, -0.15) is 0 Å². The predicted octanol–water partition coefficient (Wildman–Crippen LogP) is 3.11. The lowest BCUT2D eigenvalue weighted by Crippen LogP contribution is -2.26. The Bertz CT molecular complexity index is 962. The molecule has 0 aliphatic carbocycles. The van der Waals surface area contributed by atoms with Crippen molar-refractivity contribution in [2.75, 3.05) is 24.5 Å². The van der Waals surface area contributed by atoms with Crippen molar-refractivity contribution in [3.63, 3.8) is 0 Å². The maximum Gasteiger partial charge on any atom is 0.307 e. The highest BCUT2D eigenvalue weighted by molar-refractivity contribution is 7.92. The number of hydrogen-bond donors (Lipinski definition) is 1. The number of nitrogens with one attached hydrogen (secondary N) is 1. The minimum absolute atomic E-state index is 0.155. The van der Waals surface area contributed by atoms with E-state index in [2.05, 4.69) is 5.32 Å². The van der Waals surface area contributed by atoms with Crippen LogP contribution in [0.5, 0.6) is 0 Å². The molecule has 27 heavy (non-hydrogen) atoms. The fourth-order valence-corrected chi connectivity index (χ4v) is 4.92. The standard InChI is InChI=1S/C19H21ClN2O4S/c1-3-26-18(23)10-11-21-19-14-6-4-5-7-16(14)22(2)27(24,25)17-12-13(20)8-9-15(17)19/h4-9,12,19,21H,3,10-11H2,1-2H3. The summed E-state index contributed by atoms with van der Waals surface area (Å²) in [7, 11) is -2.23. The number of benzene rings is 2. The van der Waals surface area contributed by atoms with Crippen LogP contribution in [0.4, 0.5) is 5.69 Å². The molecule has 2 aromatic carbocycles. The molecule has 0 radical (unpaired) electrons. The summed E-state index contributed by atoms with van der Waals surface area (Å²) in [4.78, 5) is 11.8. The number of halogens is 1. The maximum absolute atomic E-state index is 13.1. The molecule has 0 aromatic heterocycles. The zero-order valence-corrected chi connectivity index (χ0v) is 16.7. The van der Waals surface area contributed by atoms with Crippen LogP contribution in [0.25, 0.3) is 0 Å². The molecular weight excluding hydrogens is 388 g/mol. The quantitative estimate of drug-likeness (QED) is 0.769. The minimum Gasteiger partial charge on any atom is -0.466 e. The van der Waals surface area contributed by atoms with E-state index in [-0.39, 0.29) is 17.3 Å². The summed E-state index contributed by atoms with van der Waals surface area (Å²) in [6.45, 7) is 2.44. The van der Waals surface area contributed by atoms with Gasteiger partial charge >= 0.3 is 5.97 Å². The molecule has 1 heterocycles. The van der Waals surface area contributed by atoms with E-state index in [0.717, 1.165) is 5.56 Å². The van der Waals surface area contributed by atoms with Crippen molar-refractivity contribution >= 4 is 33.3 Å². The molecule has 0 fully saturated rings. The van der Waals surface area contributed by atoms with Crippen LogP contribution in [0.2, 0.25) is 5.02 Å². The number of fused-ring (bicyclic) bond motifs is 2. The second kappa shape index (κ2) is 7.88. The third kappa shape index (κ3) is 3.81. The summed E-state index contributed by atoms with van der Waals surface area (Å²) in [6, 6.07) is 11.8. The average Bonchev–Trinajstić information content (AvgIpc) is 2.71. The number of carbonyl (C=O) groups is 1. The average molecular weight is 409 g/mol. The second-order valence-electron chi connectivity index (χ2n) is 6.16.